The maximum absolute atomic E-state index is 10.8. The minimum absolute atomic E-state index is 0.134. The van der Waals surface area contributed by atoms with Gasteiger partial charge in [-0.15, -0.1) is 0 Å². The first kappa shape index (κ1) is 13.1. The van der Waals surface area contributed by atoms with Crippen LogP contribution in [0.5, 0.6) is 5.75 Å². The van der Waals surface area contributed by atoms with Gasteiger partial charge >= 0.3 is 5.97 Å². The summed E-state index contributed by atoms with van der Waals surface area (Å²) < 4.78 is 0. The van der Waals surface area contributed by atoms with Crippen molar-refractivity contribution >= 4 is 11.7 Å². The zero-order chi connectivity index (χ0) is 13.0. The lowest BCUT2D eigenvalue weighted by Crippen LogP contribution is -2.27. The Kier molecular flexibility index (Phi) is 4.15. The fourth-order valence-electron chi connectivity index (χ4n) is 1.60. The summed E-state index contributed by atoms with van der Waals surface area (Å²) in [6, 6.07) is 5.05. The van der Waals surface area contributed by atoms with Gasteiger partial charge in [-0.3, -0.25) is 0 Å². The molecule has 1 aromatic rings. The Hall–Kier alpha value is -1.97. The molecule has 0 heterocycles. The molecule has 92 valence electrons. The number of rotatable bonds is 5. The summed E-state index contributed by atoms with van der Waals surface area (Å²) in [7, 11) is 0. The summed E-state index contributed by atoms with van der Waals surface area (Å²) in [5, 5.41) is 18.3. The van der Waals surface area contributed by atoms with Gasteiger partial charge in [0.2, 0.25) is 0 Å². The van der Waals surface area contributed by atoms with E-state index in [-0.39, 0.29) is 17.9 Å². The van der Waals surface area contributed by atoms with Crippen LogP contribution in [0.25, 0.3) is 0 Å². The zero-order valence-corrected chi connectivity index (χ0v) is 10.1. The van der Waals surface area contributed by atoms with Crippen molar-refractivity contribution in [2.24, 2.45) is 0 Å². The summed E-state index contributed by atoms with van der Waals surface area (Å²) in [6.07, 6.45) is 0. The summed E-state index contributed by atoms with van der Waals surface area (Å²) >= 11 is 0. The van der Waals surface area contributed by atoms with Crippen LogP contribution in [0.1, 0.15) is 12.5 Å². The number of likely N-dealkylation sites (N-methyl/N-ethyl adjacent to an activating group) is 1. The van der Waals surface area contributed by atoms with Crippen molar-refractivity contribution < 1.29 is 15.0 Å². The molecule has 0 aromatic heterocycles. The lowest BCUT2D eigenvalue weighted by Gasteiger charge is -2.25. The lowest BCUT2D eigenvalue weighted by molar-refractivity contribution is -0.132. The molecule has 0 saturated carbocycles. The molecule has 0 aliphatic carbocycles. The van der Waals surface area contributed by atoms with Crippen molar-refractivity contribution in [1.29, 1.82) is 0 Å². The Labute approximate surface area is 101 Å². The minimum Gasteiger partial charge on any atom is -0.508 e. The molecule has 1 rings (SSSR count). The van der Waals surface area contributed by atoms with Crippen molar-refractivity contribution in [3.8, 4) is 5.75 Å². The van der Waals surface area contributed by atoms with Gasteiger partial charge in [-0.25, -0.2) is 4.79 Å². The maximum atomic E-state index is 10.8. The van der Waals surface area contributed by atoms with Gasteiger partial charge in [-0.05, 0) is 25.5 Å². The number of hydrogen-bond donors (Lipinski definition) is 2. The molecule has 1 aromatic carbocycles. The number of anilines is 1. The monoisotopic (exact) mass is 235 g/mol. The first-order valence-electron chi connectivity index (χ1n) is 5.41. The Bertz CT molecular complexity index is 440. The highest BCUT2D eigenvalue weighted by molar-refractivity contribution is 5.87. The van der Waals surface area contributed by atoms with E-state index >= 15 is 0 Å². The number of phenols is 1. The Morgan fingerprint density at radius 2 is 2.12 bits per heavy atom. The number of phenolic OH excluding ortho intramolecular Hbond substituents is 1. The molecule has 0 amide bonds. The van der Waals surface area contributed by atoms with Crippen molar-refractivity contribution in [2.75, 3.05) is 18.0 Å². The highest BCUT2D eigenvalue weighted by Crippen LogP contribution is 2.25. The van der Waals surface area contributed by atoms with Gasteiger partial charge in [0.05, 0.1) is 0 Å². The van der Waals surface area contributed by atoms with E-state index in [1.165, 1.54) is 0 Å². The summed E-state index contributed by atoms with van der Waals surface area (Å²) in [5.41, 5.74) is 1.95. The van der Waals surface area contributed by atoms with E-state index in [1.54, 1.807) is 18.2 Å². The van der Waals surface area contributed by atoms with Crippen LogP contribution in [0.15, 0.2) is 30.4 Å². The molecule has 2 N–H and O–H groups in total. The van der Waals surface area contributed by atoms with E-state index in [9.17, 15) is 9.90 Å². The van der Waals surface area contributed by atoms with Crippen molar-refractivity contribution in [3.05, 3.63) is 35.9 Å². The predicted octanol–water partition coefficient (Wildman–Crippen LogP) is 2.17. The number of hydrogen-bond acceptors (Lipinski definition) is 3. The first-order valence-corrected chi connectivity index (χ1v) is 5.41. The van der Waals surface area contributed by atoms with Crippen molar-refractivity contribution in [1.82, 2.24) is 0 Å². The second-order valence-corrected chi connectivity index (χ2v) is 3.89. The number of aryl methyl sites for hydroxylation is 1. The van der Waals surface area contributed by atoms with Crippen molar-refractivity contribution in [2.45, 2.75) is 13.8 Å². The number of aromatic hydroxyl groups is 1. The SMILES string of the molecule is C=C(CN(CC)c1cc(O)ccc1C)C(=O)O. The molecule has 0 spiro atoms. The summed E-state index contributed by atoms with van der Waals surface area (Å²) in [4.78, 5) is 12.6. The second-order valence-electron chi connectivity index (χ2n) is 3.89. The maximum Gasteiger partial charge on any atom is 0.332 e. The van der Waals surface area contributed by atoms with Gasteiger partial charge in [0.1, 0.15) is 5.75 Å². The van der Waals surface area contributed by atoms with Gasteiger partial charge in [0.15, 0.2) is 0 Å². The van der Waals surface area contributed by atoms with Gasteiger partial charge in [0, 0.05) is 30.4 Å². The van der Waals surface area contributed by atoms with E-state index in [0.717, 1.165) is 11.3 Å². The molecular formula is C13H17NO3. The fourth-order valence-corrected chi connectivity index (χ4v) is 1.60. The van der Waals surface area contributed by atoms with Crippen molar-refractivity contribution in [3.63, 3.8) is 0 Å². The van der Waals surface area contributed by atoms with E-state index in [2.05, 4.69) is 6.58 Å². The Morgan fingerprint density at radius 3 is 2.65 bits per heavy atom. The topological polar surface area (TPSA) is 60.8 Å². The molecule has 4 nitrogen and oxygen atoms in total. The van der Waals surface area contributed by atoms with E-state index in [0.29, 0.717) is 6.54 Å². The van der Waals surface area contributed by atoms with E-state index in [4.69, 9.17) is 5.11 Å². The predicted molar refractivity (Wildman–Crippen MR) is 67.5 cm³/mol. The number of aliphatic carboxylic acids is 1. The van der Waals surface area contributed by atoms with Crippen LogP contribution in [0.3, 0.4) is 0 Å². The average Bonchev–Trinajstić information content (AvgIpc) is 2.29. The van der Waals surface area contributed by atoms with Crippen LogP contribution in [-0.4, -0.2) is 29.3 Å². The van der Waals surface area contributed by atoms with Crippen LogP contribution in [-0.2, 0) is 4.79 Å². The van der Waals surface area contributed by atoms with Gasteiger partial charge in [-0.2, -0.15) is 0 Å². The average molecular weight is 235 g/mol. The molecule has 0 saturated heterocycles. The largest absolute Gasteiger partial charge is 0.508 e. The number of nitrogens with zero attached hydrogens (tertiary/aromatic N) is 1. The van der Waals surface area contributed by atoms with Crippen LogP contribution in [0, 0.1) is 6.92 Å². The number of carboxylic acids is 1. The lowest BCUT2D eigenvalue weighted by atomic mass is 10.1. The quantitative estimate of drug-likeness (QED) is 0.768. The number of carboxylic acid groups (broad SMARTS) is 1. The van der Waals surface area contributed by atoms with Gasteiger partial charge in [-0.1, -0.05) is 12.6 Å². The normalized spacial score (nSPS) is 10.0. The molecule has 17 heavy (non-hydrogen) atoms. The van der Waals surface area contributed by atoms with Gasteiger partial charge in [0.25, 0.3) is 0 Å². The third kappa shape index (κ3) is 3.24. The fraction of sp³-hybridized carbons (Fsp3) is 0.308. The number of carbonyl (C=O) groups is 1. The standard InChI is InChI=1S/C13H17NO3/c1-4-14(8-10(3)13(16)17)12-7-11(15)6-5-9(12)2/h5-7,15H,3-4,8H2,1-2H3,(H,16,17). The Balaban J connectivity index is 2.97. The summed E-state index contributed by atoms with van der Waals surface area (Å²) in [5.74, 6) is -0.828. The number of benzene rings is 1. The molecule has 0 bridgehead atoms. The highest BCUT2D eigenvalue weighted by atomic mass is 16.4. The third-order valence-electron chi connectivity index (χ3n) is 2.60. The molecule has 4 heteroatoms. The molecule has 0 fully saturated rings. The van der Waals surface area contributed by atoms with Crippen LogP contribution in [0.2, 0.25) is 0 Å². The molecular weight excluding hydrogens is 218 g/mol. The smallest absolute Gasteiger partial charge is 0.332 e. The van der Waals surface area contributed by atoms with Crippen LogP contribution >= 0.6 is 0 Å². The molecule has 0 unspecified atom stereocenters. The Morgan fingerprint density at radius 1 is 1.47 bits per heavy atom. The molecule has 0 aliphatic heterocycles. The van der Waals surface area contributed by atoms with Gasteiger partial charge < -0.3 is 15.1 Å². The van der Waals surface area contributed by atoms with E-state index < -0.39 is 5.97 Å². The second kappa shape index (κ2) is 5.39. The zero-order valence-electron chi connectivity index (χ0n) is 10.1. The first-order chi connectivity index (χ1) is 7.95. The molecule has 0 aliphatic rings. The van der Waals surface area contributed by atoms with Crippen LogP contribution in [0.4, 0.5) is 5.69 Å². The molecule has 0 atom stereocenters. The molecule has 0 radical (unpaired) electrons. The van der Waals surface area contributed by atoms with Crippen LogP contribution < -0.4 is 4.90 Å². The van der Waals surface area contributed by atoms with E-state index in [1.807, 2.05) is 18.7 Å². The summed E-state index contributed by atoms with van der Waals surface area (Å²) in [6.45, 7) is 8.26. The highest BCUT2D eigenvalue weighted by Gasteiger charge is 2.13. The third-order valence-corrected chi connectivity index (χ3v) is 2.60. The minimum atomic E-state index is -0.999.